The molecule has 29 heavy (non-hydrogen) atoms. The van der Waals surface area contributed by atoms with E-state index in [1.807, 2.05) is 0 Å². The lowest BCUT2D eigenvalue weighted by atomic mass is 9.78. The molecule has 1 aromatic rings. The summed E-state index contributed by atoms with van der Waals surface area (Å²) < 4.78 is 32.6. The molecule has 0 saturated heterocycles. The van der Waals surface area contributed by atoms with E-state index < -0.39 is 28.6 Å². The predicted octanol–water partition coefficient (Wildman–Crippen LogP) is 2.47. The maximum absolute atomic E-state index is 12.5. The normalized spacial score (nSPS) is 23.4. The molecular formula is C21H32N2O5S. The highest BCUT2D eigenvalue weighted by Crippen LogP contribution is 2.29. The largest absolute Gasteiger partial charge is 0.454 e. The first-order valence-corrected chi connectivity index (χ1v) is 11.6. The van der Waals surface area contributed by atoms with E-state index in [9.17, 15) is 18.0 Å². The van der Waals surface area contributed by atoms with Crippen molar-refractivity contribution in [1.29, 1.82) is 0 Å². The van der Waals surface area contributed by atoms with Gasteiger partial charge in [-0.1, -0.05) is 58.7 Å². The van der Waals surface area contributed by atoms with Crippen LogP contribution in [0.25, 0.3) is 0 Å². The van der Waals surface area contributed by atoms with Gasteiger partial charge in [-0.05, 0) is 36.3 Å². The topological polar surface area (TPSA) is 102 Å². The van der Waals surface area contributed by atoms with Crippen molar-refractivity contribution < 1.29 is 22.7 Å². The van der Waals surface area contributed by atoms with Crippen molar-refractivity contribution in [2.75, 3.05) is 6.61 Å². The van der Waals surface area contributed by atoms with Gasteiger partial charge < -0.3 is 10.1 Å². The van der Waals surface area contributed by atoms with Gasteiger partial charge in [0.15, 0.2) is 6.61 Å². The van der Waals surface area contributed by atoms with Gasteiger partial charge in [-0.3, -0.25) is 9.59 Å². The highest BCUT2D eigenvalue weighted by molar-refractivity contribution is 7.89. The van der Waals surface area contributed by atoms with Crippen LogP contribution in [0.1, 0.15) is 47.0 Å². The standard InChI is InChI=1S/C21H32N2O5S/c1-14(2)20(23-29(26,27)17-10-6-5-7-11-17)21(25)28-13-19(24)22-18-12-8-9-15(3)16(18)4/h5-7,10-11,14-16,18,20,23H,8-9,12-13H2,1-4H3,(H,22,24). The fourth-order valence-corrected chi connectivity index (χ4v) is 4.91. The zero-order valence-corrected chi connectivity index (χ0v) is 18.4. The summed E-state index contributed by atoms with van der Waals surface area (Å²) >= 11 is 0. The van der Waals surface area contributed by atoms with Crippen LogP contribution in [0.4, 0.5) is 0 Å². The molecule has 1 amide bonds. The maximum Gasteiger partial charge on any atom is 0.324 e. The lowest BCUT2D eigenvalue weighted by Gasteiger charge is -2.34. The SMILES string of the molecule is CC(C)C(NS(=O)(=O)c1ccccc1)C(=O)OCC(=O)NC1CCCC(C)C1C. The van der Waals surface area contributed by atoms with E-state index in [2.05, 4.69) is 23.9 Å². The molecule has 7 nitrogen and oxygen atoms in total. The number of sulfonamides is 1. The molecular weight excluding hydrogens is 392 g/mol. The Morgan fingerprint density at radius 2 is 1.79 bits per heavy atom. The first-order valence-electron chi connectivity index (χ1n) is 10.1. The summed E-state index contributed by atoms with van der Waals surface area (Å²) in [5.41, 5.74) is 0. The predicted molar refractivity (Wildman–Crippen MR) is 110 cm³/mol. The Hall–Kier alpha value is -1.93. The average Bonchev–Trinajstić information content (AvgIpc) is 2.68. The quantitative estimate of drug-likeness (QED) is 0.624. The first-order chi connectivity index (χ1) is 13.6. The lowest BCUT2D eigenvalue weighted by Crippen LogP contribution is -2.48. The summed E-state index contributed by atoms with van der Waals surface area (Å²) in [6.07, 6.45) is 3.13. The Labute approximate surface area is 173 Å². The number of nitrogens with one attached hydrogen (secondary N) is 2. The summed E-state index contributed by atoms with van der Waals surface area (Å²) in [6.45, 7) is 7.30. The van der Waals surface area contributed by atoms with Crippen molar-refractivity contribution in [2.24, 2.45) is 17.8 Å². The number of carbonyl (C=O) groups excluding carboxylic acids is 2. The van der Waals surface area contributed by atoms with E-state index in [0.29, 0.717) is 11.8 Å². The van der Waals surface area contributed by atoms with E-state index in [-0.39, 0.29) is 22.8 Å². The number of hydrogen-bond acceptors (Lipinski definition) is 5. The molecule has 4 unspecified atom stereocenters. The molecule has 1 aliphatic carbocycles. The van der Waals surface area contributed by atoms with Crippen LogP contribution in [0.15, 0.2) is 35.2 Å². The van der Waals surface area contributed by atoms with Crippen molar-refractivity contribution in [1.82, 2.24) is 10.0 Å². The Balaban J connectivity index is 1.93. The second-order valence-electron chi connectivity index (χ2n) is 8.21. The van der Waals surface area contributed by atoms with Gasteiger partial charge in [0, 0.05) is 6.04 Å². The van der Waals surface area contributed by atoms with Crippen molar-refractivity contribution in [3.63, 3.8) is 0 Å². The van der Waals surface area contributed by atoms with Crippen LogP contribution in [0, 0.1) is 17.8 Å². The van der Waals surface area contributed by atoms with Gasteiger partial charge in [0.2, 0.25) is 10.0 Å². The van der Waals surface area contributed by atoms with Crippen molar-refractivity contribution in [3.05, 3.63) is 30.3 Å². The van der Waals surface area contributed by atoms with Crippen LogP contribution < -0.4 is 10.0 Å². The molecule has 1 saturated carbocycles. The van der Waals surface area contributed by atoms with Crippen molar-refractivity contribution >= 4 is 21.9 Å². The molecule has 1 fully saturated rings. The molecule has 0 bridgehead atoms. The highest BCUT2D eigenvalue weighted by atomic mass is 32.2. The zero-order valence-electron chi connectivity index (χ0n) is 17.6. The van der Waals surface area contributed by atoms with Gasteiger partial charge in [-0.15, -0.1) is 0 Å². The maximum atomic E-state index is 12.5. The number of hydrogen-bond donors (Lipinski definition) is 2. The van der Waals surface area contributed by atoms with E-state index >= 15 is 0 Å². The van der Waals surface area contributed by atoms with Gasteiger partial charge in [-0.25, -0.2) is 8.42 Å². The molecule has 1 aliphatic rings. The van der Waals surface area contributed by atoms with Crippen LogP contribution in [0.5, 0.6) is 0 Å². The van der Waals surface area contributed by atoms with E-state index in [1.165, 1.54) is 12.1 Å². The molecule has 2 N–H and O–H groups in total. The third kappa shape index (κ3) is 6.54. The molecule has 162 valence electrons. The summed E-state index contributed by atoms with van der Waals surface area (Å²) in [7, 11) is -3.88. The Morgan fingerprint density at radius 3 is 2.41 bits per heavy atom. The smallest absolute Gasteiger partial charge is 0.324 e. The van der Waals surface area contributed by atoms with Crippen LogP contribution in [0.2, 0.25) is 0 Å². The molecule has 0 spiro atoms. The average molecular weight is 425 g/mol. The zero-order chi connectivity index (χ0) is 21.6. The van der Waals surface area contributed by atoms with Crippen molar-refractivity contribution in [2.45, 2.75) is 63.9 Å². The fourth-order valence-electron chi connectivity index (χ4n) is 3.55. The van der Waals surface area contributed by atoms with E-state index in [4.69, 9.17) is 4.74 Å². The molecule has 1 aromatic carbocycles. The monoisotopic (exact) mass is 424 g/mol. The minimum atomic E-state index is -3.88. The Morgan fingerprint density at radius 1 is 1.14 bits per heavy atom. The molecule has 0 aliphatic heterocycles. The number of benzene rings is 1. The number of rotatable bonds is 8. The summed E-state index contributed by atoms with van der Waals surface area (Å²) in [6, 6.07) is 6.81. The van der Waals surface area contributed by atoms with Crippen LogP contribution in [0.3, 0.4) is 0 Å². The fraction of sp³-hybridized carbons (Fsp3) is 0.619. The van der Waals surface area contributed by atoms with Gasteiger partial charge in [0.05, 0.1) is 4.90 Å². The second-order valence-corrected chi connectivity index (χ2v) is 9.92. The van der Waals surface area contributed by atoms with Crippen molar-refractivity contribution in [3.8, 4) is 0 Å². The van der Waals surface area contributed by atoms with Gasteiger partial charge in [-0.2, -0.15) is 4.72 Å². The van der Waals surface area contributed by atoms with E-state index in [1.54, 1.807) is 32.0 Å². The second kappa shape index (κ2) is 10.2. The lowest BCUT2D eigenvalue weighted by molar-refractivity contribution is -0.151. The molecule has 8 heteroatoms. The van der Waals surface area contributed by atoms with Gasteiger partial charge >= 0.3 is 5.97 Å². The number of carbonyl (C=O) groups is 2. The minimum absolute atomic E-state index is 0.0663. The Bertz CT molecular complexity index is 795. The van der Waals surface area contributed by atoms with E-state index in [0.717, 1.165) is 19.3 Å². The van der Waals surface area contributed by atoms with Crippen LogP contribution in [-0.4, -0.2) is 39.0 Å². The molecule has 0 aromatic heterocycles. The summed E-state index contributed by atoms with van der Waals surface area (Å²) in [5.74, 6) is -0.570. The van der Waals surface area contributed by atoms with Crippen LogP contribution in [-0.2, 0) is 24.3 Å². The summed E-state index contributed by atoms with van der Waals surface area (Å²) in [4.78, 5) is 24.8. The number of esters is 1. The first kappa shape index (κ1) is 23.3. The highest BCUT2D eigenvalue weighted by Gasteiger charge is 2.31. The third-order valence-corrected chi connectivity index (χ3v) is 7.11. The van der Waals surface area contributed by atoms with Gasteiger partial charge in [0.25, 0.3) is 5.91 Å². The molecule has 0 heterocycles. The molecule has 2 rings (SSSR count). The molecule has 4 atom stereocenters. The van der Waals surface area contributed by atoms with Gasteiger partial charge in [0.1, 0.15) is 6.04 Å². The number of ether oxygens (including phenoxy) is 1. The Kier molecular flexibility index (Phi) is 8.22. The number of amides is 1. The third-order valence-electron chi connectivity index (χ3n) is 5.65. The minimum Gasteiger partial charge on any atom is -0.454 e. The summed E-state index contributed by atoms with van der Waals surface area (Å²) in [5, 5.41) is 2.94. The molecule has 0 radical (unpaired) electrons. The van der Waals surface area contributed by atoms with Crippen LogP contribution >= 0.6 is 0 Å².